The Morgan fingerprint density at radius 1 is 1.11 bits per heavy atom. The summed E-state index contributed by atoms with van der Waals surface area (Å²) in [4.78, 5) is 0.115. The first-order valence-corrected chi connectivity index (χ1v) is 12.5. The summed E-state index contributed by atoms with van der Waals surface area (Å²) in [6.07, 6.45) is 2.76. The fourth-order valence-electron chi connectivity index (χ4n) is 2.96. The zero-order chi connectivity index (χ0) is 20.6. The van der Waals surface area contributed by atoms with E-state index in [-0.39, 0.29) is 22.4 Å². The lowest BCUT2D eigenvalue weighted by atomic mass is 10.2. The smallest absolute Gasteiger partial charge is 0.243 e. The van der Waals surface area contributed by atoms with Gasteiger partial charge in [0.1, 0.15) is 0 Å². The van der Waals surface area contributed by atoms with E-state index in [0.29, 0.717) is 32.7 Å². The molecule has 1 aliphatic rings. The molecule has 160 valence electrons. The van der Waals surface area contributed by atoms with Gasteiger partial charge in [-0.05, 0) is 43.5 Å². The molecule has 0 saturated carbocycles. The lowest BCUT2D eigenvalue weighted by Crippen LogP contribution is -2.30. The van der Waals surface area contributed by atoms with Crippen LogP contribution in [0, 0.1) is 0 Å². The number of hydrogen-bond donors (Lipinski definition) is 1. The highest BCUT2D eigenvalue weighted by Gasteiger charge is 2.22. The Morgan fingerprint density at radius 3 is 2.32 bits per heavy atom. The van der Waals surface area contributed by atoms with Crippen molar-refractivity contribution >= 4 is 20.0 Å². The average molecular weight is 435 g/mol. The number of hydrogen-bond acceptors (Lipinski definition) is 6. The summed E-state index contributed by atoms with van der Waals surface area (Å²) >= 11 is 0. The van der Waals surface area contributed by atoms with Crippen molar-refractivity contribution in [3.05, 3.63) is 24.3 Å². The predicted octanol–water partition coefficient (Wildman–Crippen LogP) is 1.58. The van der Waals surface area contributed by atoms with Gasteiger partial charge in [0.25, 0.3) is 0 Å². The van der Waals surface area contributed by atoms with Crippen molar-refractivity contribution in [2.24, 2.45) is 0 Å². The van der Waals surface area contributed by atoms with Crippen LogP contribution in [-0.4, -0.2) is 66.7 Å². The maximum absolute atomic E-state index is 12.5. The fourth-order valence-corrected chi connectivity index (χ4v) is 5.49. The summed E-state index contributed by atoms with van der Waals surface area (Å²) < 4.78 is 64.4. The van der Waals surface area contributed by atoms with Gasteiger partial charge < -0.3 is 9.47 Å². The van der Waals surface area contributed by atoms with Gasteiger partial charge in [0.05, 0.1) is 22.5 Å². The molecule has 0 aromatic heterocycles. The Morgan fingerprint density at radius 2 is 1.75 bits per heavy atom. The van der Waals surface area contributed by atoms with Crippen molar-refractivity contribution in [2.45, 2.75) is 49.0 Å². The van der Waals surface area contributed by atoms with E-state index in [1.165, 1.54) is 28.6 Å². The zero-order valence-corrected chi connectivity index (χ0v) is 18.1. The fraction of sp³-hybridized carbons (Fsp3) is 0.667. The van der Waals surface area contributed by atoms with Crippen LogP contribution in [0.25, 0.3) is 0 Å². The van der Waals surface area contributed by atoms with Gasteiger partial charge in [0.2, 0.25) is 20.0 Å². The quantitative estimate of drug-likeness (QED) is 0.501. The van der Waals surface area contributed by atoms with Gasteiger partial charge in [0, 0.05) is 32.8 Å². The van der Waals surface area contributed by atoms with Gasteiger partial charge in [-0.2, -0.15) is 4.31 Å². The molecule has 0 radical (unpaired) electrons. The Bertz CT molecular complexity index is 799. The monoisotopic (exact) mass is 434 g/mol. The molecule has 0 bridgehead atoms. The minimum atomic E-state index is -3.70. The number of nitrogens with one attached hydrogen (secondary N) is 1. The van der Waals surface area contributed by atoms with Crippen molar-refractivity contribution < 1.29 is 26.3 Å². The minimum Gasteiger partial charge on any atom is -0.379 e. The molecule has 1 fully saturated rings. The Labute approximate surface area is 168 Å². The van der Waals surface area contributed by atoms with Crippen molar-refractivity contribution in [2.75, 3.05) is 39.5 Å². The van der Waals surface area contributed by atoms with Gasteiger partial charge in [0.15, 0.2) is 0 Å². The van der Waals surface area contributed by atoms with Crippen molar-refractivity contribution in [3.8, 4) is 0 Å². The van der Waals surface area contributed by atoms with Crippen molar-refractivity contribution in [1.29, 1.82) is 0 Å². The molecule has 1 aromatic rings. The van der Waals surface area contributed by atoms with Gasteiger partial charge in [-0.15, -0.1) is 0 Å². The molecule has 2 rings (SSSR count). The van der Waals surface area contributed by atoms with Crippen molar-refractivity contribution in [3.63, 3.8) is 0 Å². The second-order valence-electron chi connectivity index (χ2n) is 6.52. The van der Waals surface area contributed by atoms with Crippen LogP contribution in [0.5, 0.6) is 0 Å². The molecule has 1 aromatic carbocycles. The first-order valence-electron chi connectivity index (χ1n) is 9.60. The minimum absolute atomic E-state index is 0.0336. The maximum atomic E-state index is 12.5. The lowest BCUT2D eigenvalue weighted by Gasteiger charge is -2.18. The average Bonchev–Trinajstić information content (AvgIpc) is 3.19. The van der Waals surface area contributed by atoms with E-state index in [9.17, 15) is 16.8 Å². The molecule has 0 amide bonds. The van der Waals surface area contributed by atoms with E-state index >= 15 is 0 Å². The van der Waals surface area contributed by atoms with E-state index in [2.05, 4.69) is 4.72 Å². The number of ether oxygens (including phenoxy) is 2. The third kappa shape index (κ3) is 6.23. The molecule has 0 unspecified atom stereocenters. The molecule has 1 aliphatic heterocycles. The Hall–Kier alpha value is -1.04. The molecular formula is C18H30N2O6S2. The normalized spacial score (nSPS) is 18.0. The van der Waals surface area contributed by atoms with Gasteiger partial charge >= 0.3 is 0 Å². The van der Waals surface area contributed by atoms with Crippen molar-refractivity contribution in [1.82, 2.24) is 9.03 Å². The highest BCUT2D eigenvalue weighted by atomic mass is 32.2. The summed E-state index contributed by atoms with van der Waals surface area (Å²) in [6, 6.07) is 5.28. The third-order valence-corrected chi connectivity index (χ3v) is 8.10. The summed E-state index contributed by atoms with van der Waals surface area (Å²) in [5, 5.41) is 0. The first-order chi connectivity index (χ1) is 13.3. The van der Waals surface area contributed by atoms with Gasteiger partial charge in [-0.1, -0.05) is 13.8 Å². The predicted molar refractivity (Wildman–Crippen MR) is 106 cm³/mol. The van der Waals surface area contributed by atoms with Crippen LogP contribution in [0.1, 0.15) is 33.1 Å². The number of benzene rings is 1. The van der Waals surface area contributed by atoms with Crippen LogP contribution in [0.3, 0.4) is 0 Å². The number of rotatable bonds is 12. The first kappa shape index (κ1) is 23.2. The van der Waals surface area contributed by atoms with Gasteiger partial charge in [-0.25, -0.2) is 21.6 Å². The van der Waals surface area contributed by atoms with E-state index in [0.717, 1.165) is 19.4 Å². The molecule has 0 aliphatic carbocycles. The largest absolute Gasteiger partial charge is 0.379 e. The van der Waals surface area contributed by atoms with E-state index in [4.69, 9.17) is 9.47 Å². The van der Waals surface area contributed by atoms with E-state index < -0.39 is 20.0 Å². The van der Waals surface area contributed by atoms with Crippen LogP contribution in [0.15, 0.2) is 34.1 Å². The summed E-state index contributed by atoms with van der Waals surface area (Å²) in [5.41, 5.74) is 0. The number of sulfonamides is 2. The molecule has 8 nitrogen and oxygen atoms in total. The molecule has 10 heteroatoms. The van der Waals surface area contributed by atoms with Crippen LogP contribution in [0.2, 0.25) is 0 Å². The molecule has 1 saturated heterocycles. The standard InChI is InChI=1S/C18H30N2O6S2/c1-3-20(4-2)28(23,24)18-10-8-17(9-11-18)27(21,22)19-12-6-13-25-15-16-7-5-14-26-16/h8-11,16,19H,3-7,12-15H2,1-2H3/t16-/m0/s1. The number of nitrogens with zero attached hydrogens (tertiary/aromatic N) is 1. The Kier molecular flexibility index (Phi) is 8.84. The summed E-state index contributed by atoms with van der Waals surface area (Å²) in [7, 11) is -7.30. The molecule has 1 heterocycles. The maximum Gasteiger partial charge on any atom is 0.243 e. The summed E-state index contributed by atoms with van der Waals surface area (Å²) in [6.45, 7) is 6.24. The van der Waals surface area contributed by atoms with Gasteiger partial charge in [-0.3, -0.25) is 0 Å². The van der Waals surface area contributed by atoms with E-state index in [1.807, 2.05) is 0 Å². The molecule has 28 heavy (non-hydrogen) atoms. The SMILES string of the molecule is CCN(CC)S(=O)(=O)c1ccc(S(=O)(=O)NCCCOC[C@@H]2CCCO2)cc1. The van der Waals surface area contributed by atoms with Crippen LogP contribution in [-0.2, 0) is 29.5 Å². The lowest BCUT2D eigenvalue weighted by molar-refractivity contribution is 0.0169. The molecular weight excluding hydrogens is 404 g/mol. The third-order valence-electron chi connectivity index (χ3n) is 4.56. The zero-order valence-electron chi connectivity index (χ0n) is 16.5. The van der Waals surface area contributed by atoms with Crippen LogP contribution >= 0.6 is 0 Å². The molecule has 1 N–H and O–H groups in total. The second kappa shape index (κ2) is 10.7. The van der Waals surface area contributed by atoms with Crippen LogP contribution < -0.4 is 4.72 Å². The topological polar surface area (TPSA) is 102 Å². The second-order valence-corrected chi connectivity index (χ2v) is 10.2. The van der Waals surface area contributed by atoms with Crippen LogP contribution in [0.4, 0.5) is 0 Å². The Balaban J connectivity index is 1.84. The summed E-state index contributed by atoms with van der Waals surface area (Å²) in [5.74, 6) is 0. The highest BCUT2D eigenvalue weighted by Crippen LogP contribution is 2.18. The highest BCUT2D eigenvalue weighted by molar-refractivity contribution is 7.89. The molecule has 0 spiro atoms. The van der Waals surface area contributed by atoms with E-state index in [1.54, 1.807) is 13.8 Å². The molecule has 1 atom stereocenters.